The van der Waals surface area contributed by atoms with Crippen LogP contribution in [0.4, 0.5) is 5.82 Å². The predicted molar refractivity (Wildman–Crippen MR) is 115 cm³/mol. The van der Waals surface area contributed by atoms with Gasteiger partial charge in [-0.3, -0.25) is 14.2 Å². The van der Waals surface area contributed by atoms with Crippen molar-refractivity contribution in [3.05, 3.63) is 12.7 Å². The van der Waals surface area contributed by atoms with E-state index in [9.17, 15) is 19.8 Å². The number of nitrogens with zero attached hydrogens (tertiary/aromatic N) is 4. The number of aliphatic hydroxyl groups excluding tert-OH is 2. The van der Waals surface area contributed by atoms with Crippen molar-refractivity contribution in [2.75, 3.05) is 23.8 Å². The molecule has 0 amide bonds. The first kappa shape index (κ1) is 25.7. The number of imidazole rings is 1. The molecular formula is C17H27N7O7S. The molecule has 3 heterocycles. The smallest absolute Gasteiger partial charge is 0.320 e. The van der Waals surface area contributed by atoms with Crippen LogP contribution in [-0.4, -0.2) is 94.3 Å². The van der Waals surface area contributed by atoms with Crippen molar-refractivity contribution in [2.24, 2.45) is 11.5 Å². The normalized spacial score (nSPS) is 23.5. The van der Waals surface area contributed by atoms with Crippen molar-refractivity contribution in [1.29, 1.82) is 0 Å². The maximum absolute atomic E-state index is 10.7. The zero-order chi connectivity index (χ0) is 23.8. The summed E-state index contributed by atoms with van der Waals surface area (Å²) >= 11 is 1.40. The number of hydrogen-bond acceptors (Lipinski definition) is 12. The van der Waals surface area contributed by atoms with Crippen molar-refractivity contribution in [2.45, 2.75) is 43.4 Å². The van der Waals surface area contributed by atoms with Gasteiger partial charge >= 0.3 is 11.9 Å². The van der Waals surface area contributed by atoms with Gasteiger partial charge in [0.1, 0.15) is 30.1 Å². The van der Waals surface area contributed by atoms with Crippen LogP contribution in [0.15, 0.2) is 12.7 Å². The molecule has 3 rings (SSSR count). The molecule has 0 bridgehead atoms. The minimum absolute atomic E-state index is 0.0694. The molecule has 0 saturated carbocycles. The molecule has 1 aliphatic rings. The average Bonchev–Trinajstić information content (AvgIpc) is 3.28. The number of carboxylic acid groups (broad SMARTS) is 2. The Balaban J connectivity index is 0.000000534. The summed E-state index contributed by atoms with van der Waals surface area (Å²) in [5, 5.41) is 37.2. The summed E-state index contributed by atoms with van der Waals surface area (Å²) in [4.78, 5) is 32.3. The molecule has 32 heavy (non-hydrogen) atoms. The topological polar surface area (TPSA) is 246 Å². The fraction of sp³-hybridized carbons (Fsp3) is 0.588. The summed E-state index contributed by atoms with van der Waals surface area (Å²) in [6.07, 6.45) is -0.678. The summed E-state index contributed by atoms with van der Waals surface area (Å²) in [7, 11) is 0. The number of nitrogens with two attached hydrogens (primary N) is 3. The number of carboxylic acids is 2. The standard InChI is InChI=1S/C14H20N6O5S.C3H7NO2/c15-6(14(23)24)1-2-26-3-7-9(21)10(22)13(25-7)20-5-19-8-11(16)17-4-18-12(8)20;4-2-1-3(5)6/h4-7,9-10,13,21-22H,1-3,15H2,(H,23,24)(H2,16,17,18);1-2,4H2,(H,5,6)/t6-,7+,9+,10+,13+;/m0./s1. The van der Waals surface area contributed by atoms with E-state index in [0.29, 0.717) is 29.1 Å². The molecule has 2 aromatic heterocycles. The van der Waals surface area contributed by atoms with Gasteiger partial charge in [0, 0.05) is 12.3 Å². The molecular weight excluding hydrogens is 446 g/mol. The molecule has 2 aromatic rings. The van der Waals surface area contributed by atoms with Crippen LogP contribution >= 0.6 is 11.8 Å². The van der Waals surface area contributed by atoms with E-state index in [1.165, 1.54) is 29.0 Å². The first-order valence-corrected chi connectivity index (χ1v) is 10.7. The number of thioether (sulfide) groups is 1. The molecule has 10 N–H and O–H groups in total. The summed E-state index contributed by atoms with van der Waals surface area (Å²) < 4.78 is 7.29. The Kier molecular flexibility index (Phi) is 9.55. The van der Waals surface area contributed by atoms with Crippen LogP contribution in [0.2, 0.25) is 0 Å². The van der Waals surface area contributed by atoms with Gasteiger partial charge in [-0.25, -0.2) is 15.0 Å². The molecule has 1 fully saturated rings. The van der Waals surface area contributed by atoms with E-state index in [-0.39, 0.29) is 18.8 Å². The summed E-state index contributed by atoms with van der Waals surface area (Å²) in [6, 6.07) is -0.919. The Hall–Kier alpha value is -2.56. The van der Waals surface area contributed by atoms with Gasteiger partial charge in [-0.15, -0.1) is 0 Å². The maximum atomic E-state index is 10.7. The Labute approximate surface area is 186 Å². The maximum Gasteiger partial charge on any atom is 0.320 e. The number of ether oxygens (including phenoxy) is 1. The molecule has 178 valence electrons. The van der Waals surface area contributed by atoms with Gasteiger partial charge in [-0.1, -0.05) is 0 Å². The van der Waals surface area contributed by atoms with Crippen molar-refractivity contribution in [3.8, 4) is 0 Å². The highest BCUT2D eigenvalue weighted by Crippen LogP contribution is 2.33. The summed E-state index contributed by atoms with van der Waals surface area (Å²) in [6.45, 7) is 0.231. The third kappa shape index (κ3) is 6.47. The van der Waals surface area contributed by atoms with Crippen LogP contribution in [0.25, 0.3) is 11.2 Å². The fourth-order valence-electron chi connectivity index (χ4n) is 2.81. The van der Waals surface area contributed by atoms with E-state index in [2.05, 4.69) is 15.0 Å². The quantitative estimate of drug-likeness (QED) is 0.194. The molecule has 15 heteroatoms. The summed E-state index contributed by atoms with van der Waals surface area (Å²) in [5.41, 5.74) is 16.8. The van der Waals surface area contributed by atoms with E-state index in [1.807, 2.05) is 0 Å². The number of carbonyl (C=O) groups is 2. The molecule has 0 aromatic carbocycles. The number of rotatable bonds is 9. The second kappa shape index (κ2) is 11.9. The largest absolute Gasteiger partial charge is 0.481 e. The van der Waals surface area contributed by atoms with Gasteiger partial charge in [0.2, 0.25) is 0 Å². The SMILES string of the molecule is NCCC(=O)O.Nc1ncnc2c1ncn2[C@@H]1O[C@H](CSCC[C@H](N)C(=O)O)[C@@H](O)[C@H]1O. The predicted octanol–water partition coefficient (Wildman–Crippen LogP) is -2.02. The second-order valence-electron chi connectivity index (χ2n) is 6.87. The second-order valence-corrected chi connectivity index (χ2v) is 8.02. The molecule has 5 atom stereocenters. The number of nitrogen functional groups attached to an aromatic ring is 1. The highest BCUT2D eigenvalue weighted by atomic mass is 32.2. The fourth-order valence-corrected chi connectivity index (χ4v) is 3.90. The molecule has 14 nitrogen and oxygen atoms in total. The Morgan fingerprint density at radius 1 is 1.22 bits per heavy atom. The highest BCUT2D eigenvalue weighted by Gasteiger charge is 2.44. The van der Waals surface area contributed by atoms with Crippen LogP contribution in [0.5, 0.6) is 0 Å². The monoisotopic (exact) mass is 473 g/mol. The minimum atomic E-state index is -1.17. The average molecular weight is 474 g/mol. The van der Waals surface area contributed by atoms with Crippen molar-refractivity contribution in [3.63, 3.8) is 0 Å². The first-order chi connectivity index (χ1) is 15.2. The molecule has 0 unspecified atom stereocenters. The zero-order valence-electron chi connectivity index (χ0n) is 17.0. The number of aromatic nitrogens is 4. The zero-order valence-corrected chi connectivity index (χ0v) is 17.8. The third-order valence-electron chi connectivity index (χ3n) is 4.53. The van der Waals surface area contributed by atoms with Crippen molar-refractivity contribution < 1.29 is 34.8 Å². The van der Waals surface area contributed by atoms with Gasteiger partial charge in [0.05, 0.1) is 18.9 Å². The molecule has 0 spiro atoms. The highest BCUT2D eigenvalue weighted by molar-refractivity contribution is 7.99. The lowest BCUT2D eigenvalue weighted by Gasteiger charge is -2.16. The van der Waals surface area contributed by atoms with Gasteiger partial charge in [-0.05, 0) is 12.2 Å². The number of hydrogen-bond donors (Lipinski definition) is 7. The van der Waals surface area contributed by atoms with Crippen molar-refractivity contribution >= 4 is 40.7 Å². The van der Waals surface area contributed by atoms with Crippen LogP contribution in [0.3, 0.4) is 0 Å². The summed E-state index contributed by atoms with van der Waals surface area (Å²) in [5.74, 6) is -0.795. The van der Waals surface area contributed by atoms with E-state index in [1.54, 1.807) is 0 Å². The Morgan fingerprint density at radius 3 is 2.53 bits per heavy atom. The van der Waals surface area contributed by atoms with Gasteiger partial charge in [0.25, 0.3) is 0 Å². The first-order valence-electron chi connectivity index (χ1n) is 9.60. The van der Waals surface area contributed by atoms with Gasteiger partial charge in [-0.2, -0.15) is 11.8 Å². The van der Waals surface area contributed by atoms with E-state index in [4.69, 9.17) is 32.2 Å². The number of fused-ring (bicyclic) bond motifs is 1. The molecule has 1 saturated heterocycles. The molecule has 0 radical (unpaired) electrons. The van der Waals surface area contributed by atoms with E-state index < -0.39 is 42.5 Å². The number of aliphatic hydroxyl groups is 2. The van der Waals surface area contributed by atoms with Crippen LogP contribution in [-0.2, 0) is 14.3 Å². The Morgan fingerprint density at radius 2 is 1.94 bits per heavy atom. The van der Waals surface area contributed by atoms with Crippen LogP contribution in [0.1, 0.15) is 19.1 Å². The Bertz CT molecular complexity index is 915. The van der Waals surface area contributed by atoms with E-state index in [0.717, 1.165) is 0 Å². The molecule has 1 aliphatic heterocycles. The third-order valence-corrected chi connectivity index (χ3v) is 5.62. The number of anilines is 1. The van der Waals surface area contributed by atoms with E-state index >= 15 is 0 Å². The molecule has 0 aliphatic carbocycles. The minimum Gasteiger partial charge on any atom is -0.481 e. The number of aliphatic carboxylic acids is 2. The lowest BCUT2D eigenvalue weighted by molar-refractivity contribution is -0.139. The van der Waals surface area contributed by atoms with Gasteiger partial charge < -0.3 is 42.4 Å². The van der Waals surface area contributed by atoms with Gasteiger partial charge in [0.15, 0.2) is 17.7 Å². The van der Waals surface area contributed by atoms with Crippen LogP contribution < -0.4 is 17.2 Å². The lowest BCUT2D eigenvalue weighted by Crippen LogP contribution is -2.33. The van der Waals surface area contributed by atoms with Crippen molar-refractivity contribution in [1.82, 2.24) is 19.5 Å². The lowest BCUT2D eigenvalue weighted by atomic mass is 10.1. The van der Waals surface area contributed by atoms with Crippen LogP contribution in [0, 0.1) is 0 Å².